The molecule has 4 heteroatoms. The van der Waals surface area contributed by atoms with E-state index in [2.05, 4.69) is 5.32 Å². The van der Waals surface area contributed by atoms with Crippen LogP contribution in [0.3, 0.4) is 0 Å². The summed E-state index contributed by atoms with van der Waals surface area (Å²) in [6, 6.07) is 6.15. The van der Waals surface area contributed by atoms with Gasteiger partial charge in [0.25, 0.3) is 0 Å². The Labute approximate surface area is 99.2 Å². The molecule has 1 aromatic carbocycles. The highest BCUT2D eigenvalue weighted by atomic mass is 16.4. The number of rotatable bonds is 1. The lowest BCUT2D eigenvalue weighted by Gasteiger charge is -2.23. The Bertz CT molecular complexity index is 591. The largest absolute Gasteiger partial charge is 0.420 e. The molecule has 1 N–H and O–H groups in total. The normalized spacial score (nSPS) is 17.7. The molecule has 0 spiro atoms. The number of nitrogens with zero attached hydrogens (tertiary/aromatic N) is 1. The molecular weight excluding hydrogens is 216 g/mol. The summed E-state index contributed by atoms with van der Waals surface area (Å²) in [7, 11) is 0. The summed E-state index contributed by atoms with van der Waals surface area (Å²) in [5, 5.41) is 3.31. The van der Waals surface area contributed by atoms with Gasteiger partial charge in [-0.15, -0.1) is 0 Å². The first-order valence-electron chi connectivity index (χ1n) is 6.08. The van der Waals surface area contributed by atoms with Crippen LogP contribution >= 0.6 is 0 Å². The molecule has 0 amide bonds. The Kier molecular flexibility index (Phi) is 2.52. The first kappa shape index (κ1) is 10.6. The number of aromatic nitrogens is 1. The third kappa shape index (κ3) is 1.78. The molecule has 4 nitrogen and oxygen atoms in total. The molecule has 1 aromatic heterocycles. The van der Waals surface area contributed by atoms with Gasteiger partial charge in [-0.2, -0.15) is 0 Å². The number of piperidine rings is 1. The van der Waals surface area contributed by atoms with Crippen molar-refractivity contribution in [2.75, 3.05) is 13.1 Å². The van der Waals surface area contributed by atoms with Crippen LogP contribution in [0.25, 0.3) is 11.1 Å². The van der Waals surface area contributed by atoms with Crippen LogP contribution in [-0.4, -0.2) is 17.7 Å². The molecule has 0 saturated carbocycles. The number of aryl methyl sites for hydroxylation is 1. The van der Waals surface area contributed by atoms with Crippen molar-refractivity contribution in [3.63, 3.8) is 0 Å². The smallest absolute Gasteiger partial charge is 0.408 e. The minimum Gasteiger partial charge on any atom is -0.408 e. The van der Waals surface area contributed by atoms with E-state index < -0.39 is 0 Å². The van der Waals surface area contributed by atoms with Crippen molar-refractivity contribution in [1.82, 2.24) is 9.88 Å². The van der Waals surface area contributed by atoms with Gasteiger partial charge in [0.05, 0.1) is 5.52 Å². The van der Waals surface area contributed by atoms with Gasteiger partial charge in [0.2, 0.25) is 0 Å². The van der Waals surface area contributed by atoms with E-state index in [1.807, 2.05) is 29.7 Å². The van der Waals surface area contributed by atoms with E-state index in [4.69, 9.17) is 4.42 Å². The SMILES string of the molecule is Cc1ccc2oc(=O)n(C3CCNCC3)c2c1. The summed E-state index contributed by atoms with van der Waals surface area (Å²) in [4.78, 5) is 11.9. The molecule has 0 bridgehead atoms. The lowest BCUT2D eigenvalue weighted by atomic mass is 10.1. The predicted octanol–water partition coefficient (Wildman–Crippen LogP) is 1.83. The molecule has 2 heterocycles. The van der Waals surface area contributed by atoms with Crippen LogP contribution in [0.2, 0.25) is 0 Å². The topological polar surface area (TPSA) is 47.2 Å². The van der Waals surface area contributed by atoms with Crippen molar-refractivity contribution in [2.45, 2.75) is 25.8 Å². The minimum atomic E-state index is -0.225. The molecule has 0 atom stereocenters. The summed E-state index contributed by atoms with van der Waals surface area (Å²) in [6.07, 6.45) is 1.98. The van der Waals surface area contributed by atoms with Gasteiger partial charge in [-0.25, -0.2) is 4.79 Å². The summed E-state index contributed by atoms with van der Waals surface area (Å²) >= 11 is 0. The molecule has 1 aliphatic heterocycles. The van der Waals surface area contributed by atoms with Crippen LogP contribution in [0.4, 0.5) is 0 Å². The zero-order valence-electron chi connectivity index (χ0n) is 9.90. The van der Waals surface area contributed by atoms with Gasteiger partial charge >= 0.3 is 5.76 Å². The first-order chi connectivity index (χ1) is 8.25. The van der Waals surface area contributed by atoms with Gasteiger partial charge in [0, 0.05) is 6.04 Å². The second-order valence-electron chi connectivity index (χ2n) is 4.69. The Hall–Kier alpha value is -1.55. The number of hydrogen-bond acceptors (Lipinski definition) is 3. The van der Waals surface area contributed by atoms with Gasteiger partial charge in [0.1, 0.15) is 0 Å². The van der Waals surface area contributed by atoms with Gasteiger partial charge < -0.3 is 9.73 Å². The third-order valence-electron chi connectivity index (χ3n) is 3.44. The minimum absolute atomic E-state index is 0.225. The number of benzene rings is 1. The molecule has 1 aliphatic rings. The average Bonchev–Trinajstić information content (AvgIpc) is 2.65. The van der Waals surface area contributed by atoms with Crippen molar-refractivity contribution in [1.29, 1.82) is 0 Å². The third-order valence-corrected chi connectivity index (χ3v) is 3.44. The van der Waals surface area contributed by atoms with Gasteiger partial charge in [0.15, 0.2) is 5.58 Å². The van der Waals surface area contributed by atoms with E-state index in [1.165, 1.54) is 0 Å². The highest BCUT2D eigenvalue weighted by Gasteiger charge is 2.20. The highest BCUT2D eigenvalue weighted by Crippen LogP contribution is 2.23. The lowest BCUT2D eigenvalue weighted by Crippen LogP contribution is -2.32. The van der Waals surface area contributed by atoms with Crippen LogP contribution < -0.4 is 11.1 Å². The molecule has 1 fully saturated rings. The lowest BCUT2D eigenvalue weighted by molar-refractivity contribution is 0.349. The first-order valence-corrected chi connectivity index (χ1v) is 6.08. The second kappa shape index (κ2) is 4.04. The van der Waals surface area contributed by atoms with Crippen molar-refractivity contribution < 1.29 is 4.42 Å². The summed E-state index contributed by atoms with van der Waals surface area (Å²) in [5.41, 5.74) is 2.78. The Balaban J connectivity index is 2.16. The van der Waals surface area contributed by atoms with E-state index in [0.717, 1.165) is 37.0 Å². The van der Waals surface area contributed by atoms with Gasteiger partial charge in [-0.3, -0.25) is 4.57 Å². The standard InChI is InChI=1S/C13H16N2O2/c1-9-2-3-12-11(8-9)15(13(16)17-12)10-4-6-14-7-5-10/h2-3,8,10,14H,4-7H2,1H3. The maximum Gasteiger partial charge on any atom is 0.420 e. The Morgan fingerprint density at radius 2 is 2.12 bits per heavy atom. The van der Waals surface area contributed by atoms with Crippen LogP contribution in [-0.2, 0) is 0 Å². The zero-order valence-corrected chi connectivity index (χ0v) is 9.90. The predicted molar refractivity (Wildman–Crippen MR) is 66.4 cm³/mol. The maximum atomic E-state index is 11.9. The number of fused-ring (bicyclic) bond motifs is 1. The van der Waals surface area contributed by atoms with Crippen molar-refractivity contribution in [3.8, 4) is 0 Å². The number of hydrogen-bond donors (Lipinski definition) is 1. The van der Waals surface area contributed by atoms with E-state index >= 15 is 0 Å². The van der Waals surface area contributed by atoms with Gasteiger partial charge in [-0.05, 0) is 50.6 Å². The Morgan fingerprint density at radius 1 is 1.35 bits per heavy atom. The van der Waals surface area contributed by atoms with Gasteiger partial charge in [-0.1, -0.05) is 6.07 Å². The fourth-order valence-electron chi connectivity index (χ4n) is 2.55. The van der Waals surface area contributed by atoms with Crippen LogP contribution in [0.1, 0.15) is 24.4 Å². The Morgan fingerprint density at radius 3 is 2.88 bits per heavy atom. The zero-order chi connectivity index (χ0) is 11.8. The van der Waals surface area contributed by atoms with E-state index in [-0.39, 0.29) is 11.8 Å². The molecule has 3 rings (SSSR count). The van der Waals surface area contributed by atoms with E-state index in [1.54, 1.807) is 0 Å². The fourth-order valence-corrected chi connectivity index (χ4v) is 2.55. The van der Waals surface area contributed by atoms with Crippen molar-refractivity contribution in [2.24, 2.45) is 0 Å². The summed E-state index contributed by atoms with van der Waals surface area (Å²) in [5.74, 6) is -0.225. The van der Waals surface area contributed by atoms with Crippen molar-refractivity contribution in [3.05, 3.63) is 34.3 Å². The molecule has 1 saturated heterocycles. The summed E-state index contributed by atoms with van der Waals surface area (Å²) < 4.78 is 7.12. The van der Waals surface area contributed by atoms with Crippen LogP contribution in [0, 0.1) is 6.92 Å². The van der Waals surface area contributed by atoms with Crippen LogP contribution in [0.15, 0.2) is 27.4 Å². The van der Waals surface area contributed by atoms with E-state index in [0.29, 0.717) is 5.58 Å². The maximum absolute atomic E-state index is 11.9. The summed E-state index contributed by atoms with van der Waals surface area (Å²) in [6.45, 7) is 3.97. The molecular formula is C13H16N2O2. The molecule has 2 aromatic rings. The molecule has 0 radical (unpaired) electrons. The quantitative estimate of drug-likeness (QED) is 0.816. The molecule has 90 valence electrons. The number of nitrogens with one attached hydrogen (secondary N) is 1. The van der Waals surface area contributed by atoms with Crippen molar-refractivity contribution >= 4 is 11.1 Å². The molecule has 0 aliphatic carbocycles. The monoisotopic (exact) mass is 232 g/mol. The highest BCUT2D eigenvalue weighted by molar-refractivity contribution is 5.73. The molecule has 17 heavy (non-hydrogen) atoms. The molecule has 0 unspecified atom stereocenters. The number of oxazole rings is 1. The van der Waals surface area contributed by atoms with Crippen LogP contribution in [0.5, 0.6) is 0 Å². The fraction of sp³-hybridized carbons (Fsp3) is 0.462. The van der Waals surface area contributed by atoms with E-state index in [9.17, 15) is 4.79 Å². The average molecular weight is 232 g/mol. The second-order valence-corrected chi connectivity index (χ2v) is 4.69.